The molecule has 0 radical (unpaired) electrons. The molecule has 0 saturated carbocycles. The van der Waals surface area contributed by atoms with Crippen LogP contribution in [0.2, 0.25) is 0 Å². The Labute approximate surface area is 151 Å². The molecular weight excluding hydrogens is 361 g/mol. The topological polar surface area (TPSA) is 71.2 Å². The first-order chi connectivity index (χ1) is 12.8. The first kappa shape index (κ1) is 18.2. The van der Waals surface area contributed by atoms with Gasteiger partial charge >= 0.3 is 6.18 Å². The fourth-order valence-corrected chi connectivity index (χ4v) is 2.31. The fraction of sp³-hybridized carbons (Fsp3) is 0.0526. The zero-order valence-electron chi connectivity index (χ0n) is 13.7. The Balaban J connectivity index is 1.98. The highest BCUT2D eigenvalue weighted by Gasteiger charge is 2.32. The number of ether oxygens (including phenoxy) is 1. The van der Waals surface area contributed by atoms with Gasteiger partial charge in [0.1, 0.15) is 11.5 Å². The minimum Gasteiger partial charge on any atom is -0.457 e. The number of carbonyl (C=O) groups is 1. The van der Waals surface area contributed by atoms with Crippen molar-refractivity contribution in [1.29, 1.82) is 0 Å². The summed E-state index contributed by atoms with van der Waals surface area (Å²) >= 11 is 0. The van der Waals surface area contributed by atoms with Gasteiger partial charge in [0, 0.05) is 18.0 Å². The predicted octanol–water partition coefficient (Wildman–Crippen LogP) is 4.44. The van der Waals surface area contributed by atoms with Gasteiger partial charge < -0.3 is 15.0 Å². The van der Waals surface area contributed by atoms with E-state index >= 15 is 0 Å². The van der Waals surface area contributed by atoms with Crippen molar-refractivity contribution in [3.63, 3.8) is 0 Å². The van der Waals surface area contributed by atoms with E-state index in [0.29, 0.717) is 11.8 Å². The minimum atomic E-state index is -4.62. The molecule has 0 fully saturated rings. The van der Waals surface area contributed by atoms with Crippen LogP contribution in [0.1, 0.15) is 15.9 Å². The number of aromatic amines is 1. The number of amides is 1. The van der Waals surface area contributed by atoms with Gasteiger partial charge in [-0.3, -0.25) is 9.59 Å². The van der Waals surface area contributed by atoms with Gasteiger partial charge in [-0.25, -0.2) is 0 Å². The zero-order valence-corrected chi connectivity index (χ0v) is 13.7. The molecule has 0 aliphatic heterocycles. The Morgan fingerprint density at radius 3 is 2.41 bits per heavy atom. The zero-order chi connectivity index (χ0) is 19.4. The minimum absolute atomic E-state index is 0.0449. The van der Waals surface area contributed by atoms with Crippen LogP contribution in [0, 0.1) is 0 Å². The summed E-state index contributed by atoms with van der Waals surface area (Å²) in [5.41, 5.74) is -1.61. The van der Waals surface area contributed by atoms with Gasteiger partial charge in [-0.05, 0) is 36.4 Å². The van der Waals surface area contributed by atoms with Crippen LogP contribution >= 0.6 is 0 Å². The van der Waals surface area contributed by atoms with Crippen LogP contribution in [0.4, 0.5) is 18.9 Å². The Hall–Kier alpha value is -3.55. The third-order valence-electron chi connectivity index (χ3n) is 3.56. The van der Waals surface area contributed by atoms with Gasteiger partial charge in [-0.2, -0.15) is 13.2 Å². The maximum Gasteiger partial charge on any atom is 0.416 e. The molecule has 0 unspecified atom stereocenters. The maximum absolute atomic E-state index is 13.1. The number of hydrogen-bond acceptors (Lipinski definition) is 3. The number of H-pyrrole nitrogens is 1. The van der Waals surface area contributed by atoms with E-state index in [9.17, 15) is 22.8 Å². The van der Waals surface area contributed by atoms with Gasteiger partial charge in [0.2, 0.25) is 5.56 Å². The summed E-state index contributed by atoms with van der Waals surface area (Å²) < 4.78 is 44.7. The fourth-order valence-electron chi connectivity index (χ4n) is 2.31. The molecule has 27 heavy (non-hydrogen) atoms. The summed E-state index contributed by atoms with van der Waals surface area (Å²) in [5.74, 6) is -0.517. The van der Waals surface area contributed by atoms with Crippen LogP contribution in [0.15, 0.2) is 71.7 Å². The average Bonchev–Trinajstić information content (AvgIpc) is 2.62. The highest BCUT2D eigenvalue weighted by molar-refractivity contribution is 6.06. The molecule has 0 saturated heterocycles. The molecule has 0 atom stereocenters. The number of pyridine rings is 1. The molecule has 1 amide bonds. The van der Waals surface area contributed by atoms with E-state index in [1.54, 1.807) is 30.3 Å². The maximum atomic E-state index is 13.1. The third-order valence-corrected chi connectivity index (χ3v) is 3.56. The molecule has 138 valence electrons. The van der Waals surface area contributed by atoms with Crippen molar-refractivity contribution in [3.05, 3.63) is 88.3 Å². The molecule has 2 N–H and O–H groups in total. The molecule has 3 rings (SSSR count). The van der Waals surface area contributed by atoms with E-state index in [-0.39, 0.29) is 17.0 Å². The second-order valence-electron chi connectivity index (χ2n) is 5.52. The van der Waals surface area contributed by atoms with Crippen LogP contribution in [0.5, 0.6) is 11.5 Å². The van der Waals surface area contributed by atoms with Crippen LogP contribution in [0.3, 0.4) is 0 Å². The lowest BCUT2D eigenvalue weighted by atomic mass is 10.1. The Kier molecular flexibility index (Phi) is 4.98. The summed E-state index contributed by atoms with van der Waals surface area (Å²) in [6.45, 7) is 0. The molecular formula is C19H13F3N2O3. The summed E-state index contributed by atoms with van der Waals surface area (Å²) in [6, 6.07) is 13.5. The second-order valence-corrected chi connectivity index (χ2v) is 5.52. The van der Waals surface area contributed by atoms with Crippen LogP contribution in [-0.2, 0) is 6.18 Å². The highest BCUT2D eigenvalue weighted by Crippen LogP contribution is 2.34. The predicted molar refractivity (Wildman–Crippen MR) is 93.0 cm³/mol. The average molecular weight is 374 g/mol. The van der Waals surface area contributed by atoms with Crippen molar-refractivity contribution in [2.24, 2.45) is 0 Å². The molecule has 0 spiro atoms. The second kappa shape index (κ2) is 7.36. The first-order valence-electron chi connectivity index (χ1n) is 7.77. The number of rotatable bonds is 4. The van der Waals surface area contributed by atoms with E-state index in [1.165, 1.54) is 12.3 Å². The number of benzene rings is 2. The van der Waals surface area contributed by atoms with Crippen molar-refractivity contribution in [1.82, 2.24) is 4.98 Å². The summed E-state index contributed by atoms with van der Waals surface area (Å²) in [4.78, 5) is 26.2. The molecule has 0 aliphatic carbocycles. The van der Waals surface area contributed by atoms with Crippen molar-refractivity contribution in [2.45, 2.75) is 6.18 Å². The lowest BCUT2D eigenvalue weighted by Gasteiger charge is -2.14. The summed E-state index contributed by atoms with van der Waals surface area (Å²) in [5, 5.41) is 2.40. The van der Waals surface area contributed by atoms with E-state index in [0.717, 1.165) is 18.2 Å². The molecule has 1 heterocycles. The lowest BCUT2D eigenvalue weighted by molar-refractivity contribution is -0.137. The van der Waals surface area contributed by atoms with E-state index in [1.807, 2.05) is 0 Å². The SMILES string of the molecule is O=C(Nc1cc[nH]c(=O)c1)c1cc(C(F)(F)F)ccc1Oc1ccccc1. The van der Waals surface area contributed by atoms with Crippen molar-refractivity contribution >= 4 is 11.6 Å². The van der Waals surface area contributed by atoms with Gasteiger partial charge in [-0.1, -0.05) is 18.2 Å². The van der Waals surface area contributed by atoms with E-state index in [4.69, 9.17) is 4.74 Å². The Morgan fingerprint density at radius 1 is 1.00 bits per heavy atom. The van der Waals surface area contributed by atoms with Crippen molar-refractivity contribution in [3.8, 4) is 11.5 Å². The standard InChI is InChI=1S/C19H13F3N2O3/c20-19(21,22)12-6-7-16(27-14-4-2-1-3-5-14)15(10-12)18(26)24-13-8-9-23-17(25)11-13/h1-11H,(H2,23,24,25,26). The van der Waals surface area contributed by atoms with Gasteiger partial charge in [0.15, 0.2) is 0 Å². The smallest absolute Gasteiger partial charge is 0.416 e. The molecule has 0 bridgehead atoms. The van der Waals surface area contributed by atoms with Crippen LogP contribution in [-0.4, -0.2) is 10.9 Å². The number of aromatic nitrogens is 1. The Morgan fingerprint density at radius 2 is 1.74 bits per heavy atom. The molecule has 8 heteroatoms. The summed E-state index contributed by atoms with van der Waals surface area (Å²) in [6.07, 6.45) is -3.31. The van der Waals surface area contributed by atoms with Crippen molar-refractivity contribution in [2.75, 3.05) is 5.32 Å². The number of alkyl halides is 3. The Bertz CT molecular complexity index is 1010. The quantitative estimate of drug-likeness (QED) is 0.709. The van der Waals surface area contributed by atoms with Crippen LogP contribution < -0.4 is 15.6 Å². The number of halogens is 3. The third kappa shape index (κ3) is 4.55. The number of carbonyl (C=O) groups excluding carboxylic acids is 1. The molecule has 2 aromatic carbocycles. The molecule has 3 aromatic rings. The number of nitrogens with one attached hydrogen (secondary N) is 2. The first-order valence-corrected chi connectivity index (χ1v) is 7.77. The normalized spacial score (nSPS) is 11.1. The number of hydrogen-bond donors (Lipinski definition) is 2. The van der Waals surface area contributed by atoms with Gasteiger partial charge in [0.25, 0.3) is 5.91 Å². The monoisotopic (exact) mass is 374 g/mol. The molecule has 0 aliphatic rings. The van der Waals surface area contributed by atoms with Gasteiger partial charge in [-0.15, -0.1) is 0 Å². The lowest BCUT2D eigenvalue weighted by Crippen LogP contribution is -2.16. The van der Waals surface area contributed by atoms with Gasteiger partial charge in [0.05, 0.1) is 11.1 Å². The summed E-state index contributed by atoms with van der Waals surface area (Å²) in [7, 11) is 0. The number of anilines is 1. The largest absolute Gasteiger partial charge is 0.457 e. The molecule has 1 aromatic heterocycles. The van der Waals surface area contributed by atoms with Crippen LogP contribution in [0.25, 0.3) is 0 Å². The van der Waals surface area contributed by atoms with Crippen molar-refractivity contribution < 1.29 is 22.7 Å². The highest BCUT2D eigenvalue weighted by atomic mass is 19.4. The van der Waals surface area contributed by atoms with E-state index < -0.39 is 23.2 Å². The molecule has 5 nitrogen and oxygen atoms in total. The number of para-hydroxylation sites is 1. The van der Waals surface area contributed by atoms with E-state index in [2.05, 4.69) is 10.3 Å².